The number of rotatable bonds is 3. The van der Waals surface area contributed by atoms with Crippen molar-refractivity contribution in [3.05, 3.63) is 71.7 Å². The average Bonchev–Trinajstić information content (AvgIpc) is 2.68. The van der Waals surface area contributed by atoms with Crippen LogP contribution in [0.5, 0.6) is 0 Å². The molecule has 0 radical (unpaired) electrons. The van der Waals surface area contributed by atoms with E-state index in [9.17, 15) is 18.0 Å². The lowest BCUT2D eigenvalue weighted by molar-refractivity contribution is 0.0900. The molecule has 2 aromatic carbocycles. The van der Waals surface area contributed by atoms with Crippen LogP contribution in [-0.4, -0.2) is 23.9 Å². The summed E-state index contributed by atoms with van der Waals surface area (Å²) in [5.41, 5.74) is 1.36. The van der Waals surface area contributed by atoms with Gasteiger partial charge in [-0.2, -0.15) is 0 Å². The van der Waals surface area contributed by atoms with E-state index in [2.05, 4.69) is 4.98 Å². The van der Waals surface area contributed by atoms with Gasteiger partial charge < -0.3 is 4.90 Å². The highest BCUT2D eigenvalue weighted by Gasteiger charge is 2.27. The van der Waals surface area contributed by atoms with Crippen molar-refractivity contribution in [3.63, 3.8) is 0 Å². The van der Waals surface area contributed by atoms with Crippen LogP contribution in [0.4, 0.5) is 18.9 Å². The van der Waals surface area contributed by atoms with Gasteiger partial charge in [-0.3, -0.25) is 9.78 Å². The van der Waals surface area contributed by atoms with E-state index in [0.717, 1.165) is 6.07 Å². The number of piperidine rings is 1. The lowest BCUT2D eigenvalue weighted by atomic mass is 9.88. The molecule has 3 nitrogen and oxygen atoms in total. The summed E-state index contributed by atoms with van der Waals surface area (Å²) < 4.78 is 40.7. The van der Waals surface area contributed by atoms with Crippen molar-refractivity contribution in [2.24, 2.45) is 5.92 Å². The second-order valence-corrected chi connectivity index (χ2v) is 6.75. The number of Topliss-reactive ketones (excluding diaryl/α,β-unsaturated/α-hetero) is 1. The SMILES string of the molecule is O=C(c1ccc(F)cc1)C1CCN(c2ccnc3c(F)cc(F)cc23)CC1. The minimum absolute atomic E-state index is 0.00586. The fraction of sp³-hybridized carbons (Fsp3) is 0.238. The maximum Gasteiger partial charge on any atom is 0.166 e. The molecule has 138 valence electrons. The van der Waals surface area contributed by atoms with Gasteiger partial charge in [0, 0.05) is 47.9 Å². The molecule has 4 rings (SSSR count). The Morgan fingerprint density at radius 1 is 0.963 bits per heavy atom. The summed E-state index contributed by atoms with van der Waals surface area (Å²) in [4.78, 5) is 18.6. The number of hydrogen-bond acceptors (Lipinski definition) is 3. The minimum Gasteiger partial charge on any atom is -0.371 e. The van der Waals surface area contributed by atoms with E-state index >= 15 is 0 Å². The van der Waals surface area contributed by atoms with E-state index in [1.54, 1.807) is 6.07 Å². The van der Waals surface area contributed by atoms with Crippen molar-refractivity contribution in [1.29, 1.82) is 0 Å². The first-order valence-electron chi connectivity index (χ1n) is 8.81. The van der Waals surface area contributed by atoms with Crippen LogP contribution >= 0.6 is 0 Å². The molecule has 0 saturated carbocycles. The number of fused-ring (bicyclic) bond motifs is 1. The second kappa shape index (κ2) is 7.02. The Hall–Kier alpha value is -2.89. The number of nitrogens with zero attached hydrogens (tertiary/aromatic N) is 2. The van der Waals surface area contributed by atoms with Gasteiger partial charge in [-0.25, -0.2) is 13.2 Å². The number of ketones is 1. The van der Waals surface area contributed by atoms with Gasteiger partial charge in [-0.05, 0) is 49.2 Å². The molecule has 0 N–H and O–H groups in total. The fourth-order valence-corrected chi connectivity index (χ4v) is 3.67. The number of carbonyl (C=O) groups is 1. The van der Waals surface area contributed by atoms with Crippen LogP contribution in [0.2, 0.25) is 0 Å². The predicted octanol–water partition coefficient (Wildman–Crippen LogP) is 4.75. The first kappa shape index (κ1) is 17.5. The third-order valence-corrected chi connectivity index (χ3v) is 5.08. The number of pyridine rings is 1. The van der Waals surface area contributed by atoms with Gasteiger partial charge in [0.25, 0.3) is 0 Å². The maximum absolute atomic E-state index is 14.0. The lowest BCUT2D eigenvalue weighted by Crippen LogP contribution is -2.36. The molecule has 1 aliphatic rings. The molecule has 0 unspecified atom stereocenters. The van der Waals surface area contributed by atoms with Gasteiger partial charge in [0.15, 0.2) is 11.6 Å². The summed E-state index contributed by atoms with van der Waals surface area (Å²) in [6.07, 6.45) is 2.75. The van der Waals surface area contributed by atoms with Gasteiger partial charge in [0.1, 0.15) is 17.2 Å². The Morgan fingerprint density at radius 2 is 1.67 bits per heavy atom. The van der Waals surface area contributed by atoms with Gasteiger partial charge in [-0.1, -0.05) is 0 Å². The number of anilines is 1. The molecule has 1 aromatic heterocycles. The second-order valence-electron chi connectivity index (χ2n) is 6.75. The zero-order valence-electron chi connectivity index (χ0n) is 14.5. The van der Waals surface area contributed by atoms with Crippen LogP contribution in [0.1, 0.15) is 23.2 Å². The van der Waals surface area contributed by atoms with E-state index in [1.807, 2.05) is 4.90 Å². The van der Waals surface area contributed by atoms with Gasteiger partial charge in [-0.15, -0.1) is 0 Å². The van der Waals surface area contributed by atoms with E-state index in [0.29, 0.717) is 42.6 Å². The van der Waals surface area contributed by atoms with E-state index in [1.165, 1.54) is 36.5 Å². The maximum atomic E-state index is 14.0. The molecule has 1 fully saturated rings. The summed E-state index contributed by atoms with van der Waals surface area (Å²) in [6.45, 7) is 1.18. The topological polar surface area (TPSA) is 33.2 Å². The zero-order chi connectivity index (χ0) is 19.0. The summed E-state index contributed by atoms with van der Waals surface area (Å²) in [7, 11) is 0. The molecule has 1 aliphatic heterocycles. The van der Waals surface area contributed by atoms with E-state index in [-0.39, 0.29) is 23.0 Å². The van der Waals surface area contributed by atoms with Crippen LogP contribution in [0.15, 0.2) is 48.7 Å². The number of hydrogen-bond donors (Lipinski definition) is 0. The molecule has 2 heterocycles. The third-order valence-electron chi connectivity index (χ3n) is 5.08. The molecule has 6 heteroatoms. The Labute approximate surface area is 154 Å². The van der Waals surface area contributed by atoms with Crippen molar-refractivity contribution in [1.82, 2.24) is 4.98 Å². The summed E-state index contributed by atoms with van der Waals surface area (Å²) in [6, 6.07) is 9.44. The van der Waals surface area contributed by atoms with Crippen LogP contribution < -0.4 is 4.90 Å². The molecular formula is C21H17F3N2O. The molecule has 3 aromatic rings. The Bertz CT molecular complexity index is 996. The molecule has 0 amide bonds. The van der Waals surface area contributed by atoms with Crippen molar-refractivity contribution in [2.45, 2.75) is 12.8 Å². The number of benzene rings is 2. The zero-order valence-corrected chi connectivity index (χ0v) is 14.5. The highest BCUT2D eigenvalue weighted by molar-refractivity contribution is 5.98. The molecule has 0 atom stereocenters. The summed E-state index contributed by atoms with van der Waals surface area (Å²) in [5, 5.41) is 0.429. The third kappa shape index (κ3) is 3.39. The van der Waals surface area contributed by atoms with E-state index < -0.39 is 11.6 Å². The Kier molecular flexibility index (Phi) is 4.56. The summed E-state index contributed by atoms with van der Waals surface area (Å²) in [5.74, 6) is -1.84. The van der Waals surface area contributed by atoms with Crippen LogP contribution in [0.25, 0.3) is 10.9 Å². The smallest absolute Gasteiger partial charge is 0.166 e. The summed E-state index contributed by atoms with van der Waals surface area (Å²) >= 11 is 0. The largest absolute Gasteiger partial charge is 0.371 e. The van der Waals surface area contributed by atoms with Gasteiger partial charge in [0.05, 0.1) is 0 Å². The molecule has 0 spiro atoms. The predicted molar refractivity (Wildman–Crippen MR) is 97.3 cm³/mol. The normalized spacial score (nSPS) is 15.3. The van der Waals surface area contributed by atoms with Gasteiger partial charge in [0.2, 0.25) is 0 Å². The minimum atomic E-state index is -0.687. The highest BCUT2D eigenvalue weighted by atomic mass is 19.1. The van der Waals surface area contributed by atoms with Crippen molar-refractivity contribution >= 4 is 22.4 Å². The molecular weight excluding hydrogens is 353 g/mol. The monoisotopic (exact) mass is 370 g/mol. The molecule has 27 heavy (non-hydrogen) atoms. The number of carbonyl (C=O) groups excluding carboxylic acids is 1. The fourth-order valence-electron chi connectivity index (χ4n) is 3.67. The Balaban J connectivity index is 1.54. The van der Waals surface area contributed by atoms with Gasteiger partial charge >= 0.3 is 0 Å². The van der Waals surface area contributed by atoms with Crippen LogP contribution in [0.3, 0.4) is 0 Å². The number of aromatic nitrogens is 1. The lowest BCUT2D eigenvalue weighted by Gasteiger charge is -2.33. The molecule has 0 bridgehead atoms. The van der Waals surface area contributed by atoms with Crippen molar-refractivity contribution < 1.29 is 18.0 Å². The highest BCUT2D eigenvalue weighted by Crippen LogP contribution is 2.31. The quantitative estimate of drug-likeness (QED) is 0.624. The first-order chi connectivity index (χ1) is 13.0. The first-order valence-corrected chi connectivity index (χ1v) is 8.81. The standard InChI is InChI=1S/C21H17F3N2O/c22-15-3-1-13(2-4-15)21(27)14-6-9-26(10-7-14)19-5-8-25-20-17(19)11-16(23)12-18(20)24/h1-5,8,11-12,14H,6-7,9-10H2. The van der Waals surface area contributed by atoms with Crippen LogP contribution in [0, 0.1) is 23.4 Å². The van der Waals surface area contributed by atoms with Crippen molar-refractivity contribution in [3.8, 4) is 0 Å². The molecule has 1 saturated heterocycles. The molecule has 0 aliphatic carbocycles. The average molecular weight is 370 g/mol. The van der Waals surface area contributed by atoms with Crippen LogP contribution in [-0.2, 0) is 0 Å². The van der Waals surface area contributed by atoms with Crippen molar-refractivity contribution in [2.75, 3.05) is 18.0 Å². The number of halogens is 3. The van der Waals surface area contributed by atoms with E-state index in [4.69, 9.17) is 0 Å². The Morgan fingerprint density at radius 3 is 2.37 bits per heavy atom.